The fourth-order valence-corrected chi connectivity index (χ4v) is 5.41. The molecule has 2 aromatic rings. The fraction of sp³-hybridized carbons (Fsp3) is 0.316. The molecule has 26 heavy (non-hydrogen) atoms. The molecule has 0 spiro atoms. The zero-order chi connectivity index (χ0) is 19.1. The van der Waals surface area contributed by atoms with Crippen molar-refractivity contribution < 1.29 is 13.2 Å². The number of carbonyl (C=O) groups excluding carboxylic acids is 1. The van der Waals surface area contributed by atoms with Crippen molar-refractivity contribution >= 4 is 39.1 Å². The van der Waals surface area contributed by atoms with Crippen LogP contribution in [-0.4, -0.2) is 19.6 Å². The highest BCUT2D eigenvalue weighted by molar-refractivity contribution is 8.00. The number of benzene rings is 2. The van der Waals surface area contributed by atoms with Crippen molar-refractivity contribution in [1.29, 1.82) is 0 Å². The van der Waals surface area contributed by atoms with Crippen molar-refractivity contribution in [1.82, 2.24) is 0 Å². The van der Waals surface area contributed by atoms with Crippen LogP contribution in [0.3, 0.4) is 0 Å². The molecule has 0 fully saturated rings. The SMILES string of the molecule is Cc1cc(C)c(NS(=O)(=O)c2ccc3c(c2)NC(=O)CC(C)S3)c(C)c1. The van der Waals surface area contributed by atoms with Crippen LogP contribution < -0.4 is 10.0 Å². The number of anilines is 2. The van der Waals surface area contributed by atoms with Crippen LogP contribution in [0.25, 0.3) is 0 Å². The zero-order valence-electron chi connectivity index (χ0n) is 15.2. The third-order valence-electron chi connectivity index (χ3n) is 4.25. The smallest absolute Gasteiger partial charge is 0.261 e. The summed E-state index contributed by atoms with van der Waals surface area (Å²) in [5, 5.41) is 2.96. The summed E-state index contributed by atoms with van der Waals surface area (Å²) in [7, 11) is -3.76. The Labute approximate surface area is 158 Å². The molecule has 1 amide bonds. The fourth-order valence-electron chi connectivity index (χ4n) is 3.13. The number of rotatable bonds is 3. The first-order chi connectivity index (χ1) is 12.2. The largest absolute Gasteiger partial charge is 0.325 e. The van der Waals surface area contributed by atoms with E-state index in [0.29, 0.717) is 17.8 Å². The van der Waals surface area contributed by atoms with Crippen LogP contribution >= 0.6 is 11.8 Å². The molecule has 0 aromatic heterocycles. The number of nitrogens with one attached hydrogen (secondary N) is 2. The van der Waals surface area contributed by atoms with Crippen molar-refractivity contribution in [3.8, 4) is 0 Å². The van der Waals surface area contributed by atoms with E-state index >= 15 is 0 Å². The maximum absolute atomic E-state index is 12.9. The predicted octanol–water partition coefficient (Wildman–Crippen LogP) is 4.24. The first kappa shape index (κ1) is 18.8. The van der Waals surface area contributed by atoms with Gasteiger partial charge < -0.3 is 5.32 Å². The molecule has 3 rings (SSSR count). The molecule has 1 aliphatic rings. The summed E-state index contributed by atoms with van der Waals surface area (Å²) in [6.07, 6.45) is 0.404. The topological polar surface area (TPSA) is 75.3 Å². The van der Waals surface area contributed by atoms with Crippen molar-refractivity contribution in [2.45, 2.75) is 49.2 Å². The van der Waals surface area contributed by atoms with Gasteiger partial charge in [0.2, 0.25) is 5.91 Å². The Morgan fingerprint density at radius 2 is 1.77 bits per heavy atom. The number of amides is 1. The van der Waals surface area contributed by atoms with E-state index in [9.17, 15) is 13.2 Å². The van der Waals surface area contributed by atoms with E-state index in [1.165, 1.54) is 6.07 Å². The summed E-state index contributed by atoms with van der Waals surface area (Å²) in [5.41, 5.74) is 3.97. The molecule has 1 atom stereocenters. The van der Waals surface area contributed by atoms with Crippen LogP contribution in [0.1, 0.15) is 30.0 Å². The molecule has 1 unspecified atom stereocenters. The number of carbonyl (C=O) groups is 1. The van der Waals surface area contributed by atoms with Gasteiger partial charge in [-0.1, -0.05) is 24.6 Å². The van der Waals surface area contributed by atoms with Crippen LogP contribution in [0.2, 0.25) is 0 Å². The molecule has 0 radical (unpaired) electrons. The Balaban J connectivity index is 1.97. The van der Waals surface area contributed by atoms with E-state index in [2.05, 4.69) is 10.0 Å². The van der Waals surface area contributed by atoms with E-state index in [1.807, 2.05) is 39.8 Å². The third-order valence-corrected chi connectivity index (χ3v) is 6.78. The Morgan fingerprint density at radius 3 is 2.42 bits per heavy atom. The molecule has 1 heterocycles. The van der Waals surface area contributed by atoms with E-state index < -0.39 is 10.0 Å². The highest BCUT2D eigenvalue weighted by Gasteiger charge is 2.23. The van der Waals surface area contributed by atoms with Gasteiger partial charge in [0, 0.05) is 16.6 Å². The molecular formula is C19H22N2O3S2. The molecule has 5 nitrogen and oxygen atoms in total. The van der Waals surface area contributed by atoms with Gasteiger partial charge in [0.25, 0.3) is 10.0 Å². The summed E-state index contributed by atoms with van der Waals surface area (Å²) in [4.78, 5) is 13.0. The van der Waals surface area contributed by atoms with Gasteiger partial charge in [-0.15, -0.1) is 11.8 Å². The summed E-state index contributed by atoms with van der Waals surface area (Å²) in [6, 6.07) is 8.75. The molecule has 0 aliphatic carbocycles. The lowest BCUT2D eigenvalue weighted by atomic mass is 10.1. The minimum absolute atomic E-state index is 0.100. The van der Waals surface area contributed by atoms with Gasteiger partial charge in [-0.2, -0.15) is 0 Å². The molecule has 138 valence electrons. The number of aryl methyl sites for hydroxylation is 3. The number of hydrogen-bond acceptors (Lipinski definition) is 4. The Hall–Kier alpha value is -1.99. The monoisotopic (exact) mass is 390 g/mol. The summed E-state index contributed by atoms with van der Waals surface area (Å²) in [6.45, 7) is 7.72. The maximum atomic E-state index is 12.9. The van der Waals surface area contributed by atoms with Gasteiger partial charge in [0.05, 0.1) is 16.3 Å². The minimum atomic E-state index is -3.76. The Morgan fingerprint density at radius 1 is 1.12 bits per heavy atom. The van der Waals surface area contributed by atoms with Gasteiger partial charge >= 0.3 is 0 Å². The highest BCUT2D eigenvalue weighted by Crippen LogP contribution is 2.36. The van der Waals surface area contributed by atoms with Crippen molar-refractivity contribution in [2.75, 3.05) is 10.0 Å². The second kappa shape index (κ2) is 6.96. The highest BCUT2D eigenvalue weighted by atomic mass is 32.2. The molecule has 1 aliphatic heterocycles. The number of sulfonamides is 1. The van der Waals surface area contributed by atoms with Gasteiger partial charge in [-0.05, 0) is 50.1 Å². The van der Waals surface area contributed by atoms with E-state index in [1.54, 1.807) is 23.9 Å². The lowest BCUT2D eigenvalue weighted by molar-refractivity contribution is -0.116. The van der Waals surface area contributed by atoms with Crippen LogP contribution in [0.5, 0.6) is 0 Å². The van der Waals surface area contributed by atoms with Crippen molar-refractivity contribution in [3.05, 3.63) is 47.0 Å². The van der Waals surface area contributed by atoms with Gasteiger partial charge in [0.15, 0.2) is 0 Å². The number of thioether (sulfide) groups is 1. The first-order valence-corrected chi connectivity index (χ1v) is 10.7. The molecule has 2 N–H and O–H groups in total. The predicted molar refractivity (Wildman–Crippen MR) is 106 cm³/mol. The minimum Gasteiger partial charge on any atom is -0.325 e. The first-order valence-electron chi connectivity index (χ1n) is 8.37. The number of fused-ring (bicyclic) bond motifs is 1. The average molecular weight is 391 g/mol. The standard InChI is InChI=1S/C19H22N2O3S2/c1-11-7-12(2)19(13(3)8-11)21-26(23,24)15-5-6-17-16(10-15)20-18(22)9-14(4)25-17/h5-8,10,14,21H,9H2,1-4H3,(H,20,22). The average Bonchev–Trinajstić information content (AvgIpc) is 2.66. The molecule has 0 bridgehead atoms. The summed E-state index contributed by atoms with van der Waals surface area (Å²) < 4.78 is 28.4. The van der Waals surface area contributed by atoms with E-state index in [4.69, 9.17) is 0 Å². The quantitative estimate of drug-likeness (QED) is 0.822. The Kier molecular flexibility index (Phi) is 5.03. The normalized spacial score (nSPS) is 17.2. The van der Waals surface area contributed by atoms with Crippen molar-refractivity contribution in [3.63, 3.8) is 0 Å². The zero-order valence-corrected chi connectivity index (χ0v) is 16.8. The van der Waals surface area contributed by atoms with Crippen LogP contribution in [-0.2, 0) is 14.8 Å². The second-order valence-corrected chi connectivity index (χ2v) is 9.88. The lowest BCUT2D eigenvalue weighted by Crippen LogP contribution is -2.16. The summed E-state index contributed by atoms with van der Waals surface area (Å²) in [5.74, 6) is -0.100. The van der Waals surface area contributed by atoms with Gasteiger partial charge in [-0.3, -0.25) is 9.52 Å². The van der Waals surface area contributed by atoms with Crippen molar-refractivity contribution in [2.24, 2.45) is 0 Å². The maximum Gasteiger partial charge on any atom is 0.261 e. The third kappa shape index (κ3) is 3.88. The van der Waals surface area contributed by atoms with Crippen LogP contribution in [0, 0.1) is 20.8 Å². The summed E-state index contributed by atoms with van der Waals surface area (Å²) >= 11 is 1.57. The van der Waals surface area contributed by atoms with Gasteiger partial charge in [-0.25, -0.2) is 8.42 Å². The molecule has 2 aromatic carbocycles. The van der Waals surface area contributed by atoms with Gasteiger partial charge in [0.1, 0.15) is 0 Å². The molecule has 0 saturated carbocycles. The van der Waals surface area contributed by atoms with Crippen LogP contribution in [0.4, 0.5) is 11.4 Å². The molecular weight excluding hydrogens is 368 g/mol. The molecule has 0 saturated heterocycles. The lowest BCUT2D eigenvalue weighted by Gasteiger charge is -2.15. The number of hydrogen-bond donors (Lipinski definition) is 2. The van der Waals surface area contributed by atoms with E-state index in [0.717, 1.165) is 21.6 Å². The second-order valence-electron chi connectivity index (χ2n) is 6.72. The molecule has 7 heteroatoms. The Bertz CT molecular complexity index is 961. The van der Waals surface area contributed by atoms with Crippen LogP contribution in [0.15, 0.2) is 40.1 Å². The van der Waals surface area contributed by atoms with E-state index in [-0.39, 0.29) is 16.1 Å².